The summed E-state index contributed by atoms with van der Waals surface area (Å²) in [6.45, 7) is 3.21. The Kier molecular flexibility index (Phi) is 2.95. The molecule has 1 aliphatic rings. The largest absolute Gasteiger partial charge is 0.310 e. The summed E-state index contributed by atoms with van der Waals surface area (Å²) in [7, 11) is 0. The van der Waals surface area contributed by atoms with Crippen LogP contribution in [0.5, 0.6) is 0 Å². The molecule has 2 heterocycles. The Morgan fingerprint density at radius 3 is 3.06 bits per heavy atom. The summed E-state index contributed by atoms with van der Waals surface area (Å²) < 4.78 is 1.32. The van der Waals surface area contributed by atoms with E-state index in [0.717, 1.165) is 18.0 Å². The first-order valence-electron chi connectivity index (χ1n) is 5.84. The fourth-order valence-corrected chi connectivity index (χ4v) is 3.52. The molecule has 0 bridgehead atoms. The average molecular weight is 264 g/mol. The second-order valence-corrected chi connectivity index (χ2v) is 6.06. The molecule has 88 valence electrons. The minimum absolute atomic E-state index is 0.573. The highest BCUT2D eigenvalue weighted by Gasteiger charge is 2.13. The number of rotatable bonds is 1. The zero-order chi connectivity index (χ0) is 11.8. The third kappa shape index (κ3) is 2.25. The Balaban J connectivity index is 2.03. The highest BCUT2D eigenvalue weighted by atomic mass is 35.5. The van der Waals surface area contributed by atoms with E-state index < -0.39 is 0 Å². The molecule has 2 aromatic rings. The molecule has 1 aliphatic heterocycles. The van der Waals surface area contributed by atoms with Crippen molar-refractivity contribution in [1.29, 1.82) is 0 Å². The smallest absolute Gasteiger partial charge is 0.0412 e. The Morgan fingerprint density at radius 1 is 1.35 bits per heavy atom. The molecule has 1 aromatic heterocycles. The van der Waals surface area contributed by atoms with Crippen LogP contribution in [0, 0.1) is 0 Å². The van der Waals surface area contributed by atoms with Gasteiger partial charge in [-0.2, -0.15) is 0 Å². The Labute approximate surface area is 110 Å². The van der Waals surface area contributed by atoms with E-state index in [9.17, 15) is 0 Å². The summed E-state index contributed by atoms with van der Waals surface area (Å²) >= 11 is 7.88. The minimum atomic E-state index is 0.573. The first kappa shape index (κ1) is 11.3. The zero-order valence-corrected chi connectivity index (χ0v) is 11.2. The zero-order valence-electron chi connectivity index (χ0n) is 9.66. The maximum Gasteiger partial charge on any atom is 0.0412 e. The second-order valence-electron chi connectivity index (χ2n) is 4.54. The molecule has 0 aliphatic carbocycles. The van der Waals surface area contributed by atoms with Gasteiger partial charge < -0.3 is 5.32 Å². The van der Waals surface area contributed by atoms with E-state index in [1.807, 2.05) is 23.5 Å². The summed E-state index contributed by atoms with van der Waals surface area (Å²) in [6.07, 6.45) is 3.41. The first-order valence-corrected chi connectivity index (χ1v) is 7.04. The van der Waals surface area contributed by atoms with Crippen LogP contribution in [0.2, 0.25) is 5.02 Å². The highest BCUT2D eigenvalue weighted by Crippen LogP contribution is 2.34. The lowest BCUT2D eigenvalue weighted by Crippen LogP contribution is -2.29. The lowest BCUT2D eigenvalue weighted by Gasteiger charge is -2.19. The summed E-state index contributed by atoms with van der Waals surface area (Å²) in [4.78, 5) is 1.38. The van der Waals surface area contributed by atoms with Crippen LogP contribution in [0.1, 0.15) is 18.2 Å². The van der Waals surface area contributed by atoms with Gasteiger partial charge in [0.1, 0.15) is 0 Å². The summed E-state index contributed by atoms with van der Waals surface area (Å²) in [6, 6.07) is 8.95. The molecule has 0 saturated carbocycles. The van der Waals surface area contributed by atoms with Crippen LogP contribution >= 0.6 is 22.9 Å². The molecule has 3 rings (SSSR count). The van der Waals surface area contributed by atoms with E-state index in [1.54, 1.807) is 0 Å². The van der Waals surface area contributed by atoms with E-state index >= 15 is 0 Å². The monoisotopic (exact) mass is 263 g/mol. The number of nitrogens with one attached hydrogen (secondary N) is 1. The Bertz CT molecular complexity index is 585. The van der Waals surface area contributed by atoms with Crippen molar-refractivity contribution in [3.63, 3.8) is 0 Å². The van der Waals surface area contributed by atoms with Crippen LogP contribution < -0.4 is 5.32 Å². The molecule has 0 saturated heterocycles. The van der Waals surface area contributed by atoms with Crippen molar-refractivity contribution in [3.8, 4) is 0 Å². The van der Waals surface area contributed by atoms with Crippen LogP contribution in [0.25, 0.3) is 15.7 Å². The van der Waals surface area contributed by atoms with Crippen LogP contribution in [0.4, 0.5) is 0 Å². The third-order valence-electron chi connectivity index (χ3n) is 3.14. The molecule has 0 spiro atoms. The number of fused-ring (bicyclic) bond motifs is 1. The van der Waals surface area contributed by atoms with E-state index in [1.165, 1.54) is 20.5 Å². The molecular formula is C14H14ClNS. The molecule has 3 heteroatoms. The van der Waals surface area contributed by atoms with Crippen molar-refractivity contribution >= 4 is 38.6 Å². The molecule has 0 amide bonds. The van der Waals surface area contributed by atoms with E-state index in [0.29, 0.717) is 6.04 Å². The fraction of sp³-hybridized carbons (Fsp3) is 0.286. The lowest BCUT2D eigenvalue weighted by atomic mass is 10.0. The van der Waals surface area contributed by atoms with Gasteiger partial charge >= 0.3 is 0 Å². The van der Waals surface area contributed by atoms with Gasteiger partial charge in [0.05, 0.1) is 0 Å². The second kappa shape index (κ2) is 4.45. The fourth-order valence-electron chi connectivity index (χ4n) is 2.24. The normalized spacial score (nSPS) is 20.6. The van der Waals surface area contributed by atoms with Gasteiger partial charge in [0.25, 0.3) is 0 Å². The first-order chi connectivity index (χ1) is 8.22. The van der Waals surface area contributed by atoms with Gasteiger partial charge in [-0.1, -0.05) is 17.7 Å². The van der Waals surface area contributed by atoms with E-state index in [4.69, 9.17) is 11.6 Å². The molecule has 1 nitrogen and oxygen atoms in total. The Hall–Kier alpha value is -0.830. The molecule has 1 atom stereocenters. The van der Waals surface area contributed by atoms with Crippen molar-refractivity contribution in [2.24, 2.45) is 0 Å². The minimum Gasteiger partial charge on any atom is -0.310 e. The molecule has 1 N–H and O–H groups in total. The van der Waals surface area contributed by atoms with Gasteiger partial charge in [0.15, 0.2) is 0 Å². The summed E-state index contributed by atoms with van der Waals surface area (Å²) in [5, 5.41) is 5.50. The number of halogens is 1. The molecule has 1 unspecified atom stereocenters. The topological polar surface area (TPSA) is 12.0 Å². The predicted octanol–water partition coefficient (Wildman–Crippen LogP) is 4.32. The van der Waals surface area contributed by atoms with E-state index in [-0.39, 0.29) is 0 Å². The van der Waals surface area contributed by atoms with Crippen molar-refractivity contribution in [2.75, 3.05) is 6.54 Å². The van der Waals surface area contributed by atoms with Gasteiger partial charge in [-0.05, 0) is 48.6 Å². The highest BCUT2D eigenvalue weighted by molar-refractivity contribution is 7.20. The Morgan fingerprint density at radius 2 is 2.24 bits per heavy atom. The lowest BCUT2D eigenvalue weighted by molar-refractivity contribution is 0.580. The van der Waals surface area contributed by atoms with Gasteiger partial charge in [-0.3, -0.25) is 0 Å². The standard InChI is InChI=1S/C14H14ClNS/c1-9-6-10(4-5-16-9)14-8-11-7-12(15)2-3-13(11)17-14/h2-4,7-9,16H,5-6H2,1H3. The van der Waals surface area contributed by atoms with Gasteiger partial charge in [0.2, 0.25) is 0 Å². The quantitative estimate of drug-likeness (QED) is 0.808. The number of hydrogen-bond acceptors (Lipinski definition) is 2. The van der Waals surface area contributed by atoms with E-state index in [2.05, 4.69) is 30.4 Å². The summed E-state index contributed by atoms with van der Waals surface area (Å²) in [5.74, 6) is 0. The van der Waals surface area contributed by atoms with Crippen molar-refractivity contribution in [1.82, 2.24) is 5.32 Å². The summed E-state index contributed by atoms with van der Waals surface area (Å²) in [5.41, 5.74) is 1.47. The van der Waals surface area contributed by atoms with Crippen molar-refractivity contribution in [2.45, 2.75) is 19.4 Å². The molecule has 17 heavy (non-hydrogen) atoms. The predicted molar refractivity (Wildman–Crippen MR) is 76.9 cm³/mol. The number of thiophene rings is 1. The number of hydrogen-bond donors (Lipinski definition) is 1. The van der Waals surface area contributed by atoms with Crippen LogP contribution in [0.3, 0.4) is 0 Å². The number of benzene rings is 1. The van der Waals surface area contributed by atoms with Crippen LogP contribution in [-0.2, 0) is 0 Å². The molecule has 0 radical (unpaired) electrons. The maximum atomic E-state index is 6.02. The van der Waals surface area contributed by atoms with Crippen molar-refractivity contribution < 1.29 is 0 Å². The van der Waals surface area contributed by atoms with Gasteiger partial charge in [-0.25, -0.2) is 0 Å². The maximum absolute atomic E-state index is 6.02. The SMILES string of the molecule is CC1CC(c2cc3cc(Cl)ccc3s2)=CCN1. The molecule has 0 fully saturated rings. The van der Waals surface area contributed by atoms with Gasteiger partial charge in [-0.15, -0.1) is 11.3 Å². The average Bonchev–Trinajstić information content (AvgIpc) is 2.72. The molecule has 1 aromatic carbocycles. The third-order valence-corrected chi connectivity index (χ3v) is 4.56. The van der Waals surface area contributed by atoms with Crippen LogP contribution in [0.15, 0.2) is 30.3 Å². The molecular weight excluding hydrogens is 250 g/mol. The van der Waals surface area contributed by atoms with Gasteiger partial charge in [0, 0.05) is 27.2 Å². The van der Waals surface area contributed by atoms with Crippen LogP contribution in [-0.4, -0.2) is 12.6 Å². The van der Waals surface area contributed by atoms with Crippen molar-refractivity contribution in [3.05, 3.63) is 40.2 Å².